The Bertz CT molecular complexity index is 433. The zero-order valence-corrected chi connectivity index (χ0v) is 9.66. The van der Waals surface area contributed by atoms with Crippen LogP contribution in [0.15, 0.2) is 23.0 Å². The molecule has 3 nitrogen and oxygen atoms in total. The van der Waals surface area contributed by atoms with Gasteiger partial charge in [-0.15, -0.1) is 0 Å². The predicted molar refractivity (Wildman–Crippen MR) is 60.9 cm³/mol. The van der Waals surface area contributed by atoms with Gasteiger partial charge in [0.05, 0.1) is 11.8 Å². The Hall–Kier alpha value is -1.13. The Morgan fingerprint density at radius 2 is 2.40 bits per heavy atom. The molecule has 80 valence electrons. The van der Waals surface area contributed by atoms with Gasteiger partial charge in [0.2, 0.25) is 0 Å². The van der Waals surface area contributed by atoms with Crippen LogP contribution in [-0.2, 0) is 13.5 Å². The Morgan fingerprint density at radius 1 is 1.60 bits per heavy atom. The summed E-state index contributed by atoms with van der Waals surface area (Å²) in [4.78, 5) is 0. The lowest BCUT2D eigenvalue weighted by Gasteiger charge is -2.07. The number of nitrogens with zero attached hydrogens (tertiary/aromatic N) is 2. The maximum Gasteiger partial charge on any atom is 0.0863 e. The van der Waals surface area contributed by atoms with Crippen molar-refractivity contribution in [3.63, 3.8) is 0 Å². The molecule has 0 aliphatic heterocycles. The highest BCUT2D eigenvalue weighted by Gasteiger charge is 2.14. The molecule has 1 atom stereocenters. The fourth-order valence-electron chi connectivity index (χ4n) is 1.69. The van der Waals surface area contributed by atoms with E-state index in [4.69, 9.17) is 0 Å². The molecule has 0 aliphatic rings. The normalized spacial score (nSPS) is 13.0. The maximum absolute atomic E-state index is 10.0. The third kappa shape index (κ3) is 2.27. The summed E-state index contributed by atoms with van der Waals surface area (Å²) in [5.41, 5.74) is 3.00. The summed E-state index contributed by atoms with van der Waals surface area (Å²) in [6.45, 7) is 1.92. The topological polar surface area (TPSA) is 38.0 Å². The van der Waals surface area contributed by atoms with Gasteiger partial charge in [0.25, 0.3) is 0 Å². The van der Waals surface area contributed by atoms with E-state index in [1.54, 1.807) is 16.0 Å². The van der Waals surface area contributed by atoms with Crippen LogP contribution in [0.5, 0.6) is 0 Å². The highest BCUT2D eigenvalue weighted by Crippen LogP contribution is 2.21. The van der Waals surface area contributed by atoms with Gasteiger partial charge in [-0.2, -0.15) is 16.4 Å². The lowest BCUT2D eigenvalue weighted by molar-refractivity contribution is 0.178. The molecule has 2 aromatic heterocycles. The molecule has 0 bridgehead atoms. The van der Waals surface area contributed by atoms with Crippen molar-refractivity contribution >= 4 is 11.3 Å². The second-order valence-electron chi connectivity index (χ2n) is 3.70. The van der Waals surface area contributed by atoms with Crippen LogP contribution in [0.2, 0.25) is 0 Å². The molecular weight excluding hydrogens is 208 g/mol. The number of aromatic nitrogens is 2. The molecule has 2 rings (SSSR count). The molecule has 0 aliphatic carbocycles. The van der Waals surface area contributed by atoms with Crippen molar-refractivity contribution in [3.8, 4) is 0 Å². The number of rotatable bonds is 3. The number of hydrogen-bond acceptors (Lipinski definition) is 3. The van der Waals surface area contributed by atoms with Gasteiger partial charge >= 0.3 is 0 Å². The van der Waals surface area contributed by atoms with E-state index in [1.165, 1.54) is 5.56 Å². The Balaban J connectivity index is 2.14. The van der Waals surface area contributed by atoms with Crippen molar-refractivity contribution in [2.75, 3.05) is 0 Å². The van der Waals surface area contributed by atoms with Crippen LogP contribution < -0.4 is 0 Å². The number of aryl methyl sites for hydroxylation is 2. The second-order valence-corrected chi connectivity index (χ2v) is 4.48. The minimum absolute atomic E-state index is 0.451. The Kier molecular flexibility index (Phi) is 2.88. The highest BCUT2D eigenvalue weighted by atomic mass is 32.1. The van der Waals surface area contributed by atoms with Gasteiger partial charge in [-0.3, -0.25) is 4.68 Å². The van der Waals surface area contributed by atoms with E-state index in [2.05, 4.69) is 10.5 Å². The summed E-state index contributed by atoms with van der Waals surface area (Å²) in [6.07, 6.45) is 2.09. The molecular formula is C11H14N2OS. The first-order valence-corrected chi connectivity index (χ1v) is 5.80. The van der Waals surface area contributed by atoms with E-state index < -0.39 is 6.10 Å². The van der Waals surface area contributed by atoms with Crippen molar-refractivity contribution in [2.24, 2.45) is 7.05 Å². The molecule has 1 unspecified atom stereocenters. The minimum Gasteiger partial charge on any atom is -0.388 e. The van der Waals surface area contributed by atoms with Gasteiger partial charge in [-0.1, -0.05) is 0 Å². The average molecular weight is 222 g/mol. The van der Waals surface area contributed by atoms with Gasteiger partial charge in [0.1, 0.15) is 0 Å². The van der Waals surface area contributed by atoms with Gasteiger partial charge < -0.3 is 5.11 Å². The van der Waals surface area contributed by atoms with Crippen LogP contribution in [0.4, 0.5) is 0 Å². The largest absolute Gasteiger partial charge is 0.388 e. The summed E-state index contributed by atoms with van der Waals surface area (Å²) >= 11 is 1.65. The lowest BCUT2D eigenvalue weighted by atomic mass is 10.0. The number of aliphatic hydroxyl groups is 1. The van der Waals surface area contributed by atoms with Crippen molar-refractivity contribution in [1.29, 1.82) is 0 Å². The Morgan fingerprint density at radius 3 is 2.93 bits per heavy atom. The van der Waals surface area contributed by atoms with Crippen molar-refractivity contribution < 1.29 is 5.11 Å². The van der Waals surface area contributed by atoms with E-state index in [9.17, 15) is 5.11 Å². The first kappa shape index (κ1) is 10.4. The fraction of sp³-hybridized carbons (Fsp3) is 0.364. The first-order valence-electron chi connectivity index (χ1n) is 4.86. The van der Waals surface area contributed by atoms with Gasteiger partial charge in [-0.05, 0) is 29.3 Å². The quantitative estimate of drug-likeness (QED) is 0.863. The third-order valence-corrected chi connectivity index (χ3v) is 3.15. The minimum atomic E-state index is -0.451. The SMILES string of the molecule is Cc1nn(C)cc1C(O)Cc1ccsc1. The molecule has 0 saturated carbocycles. The summed E-state index contributed by atoms with van der Waals surface area (Å²) in [5.74, 6) is 0. The van der Waals surface area contributed by atoms with Crippen LogP contribution in [0.1, 0.15) is 22.9 Å². The number of thiophene rings is 1. The van der Waals surface area contributed by atoms with E-state index in [0.717, 1.165) is 11.3 Å². The van der Waals surface area contributed by atoms with Crippen molar-refractivity contribution in [3.05, 3.63) is 39.8 Å². The predicted octanol–water partition coefficient (Wildman–Crippen LogP) is 2.07. The molecule has 0 radical (unpaired) electrons. The van der Waals surface area contributed by atoms with Gasteiger partial charge in [0, 0.05) is 25.2 Å². The van der Waals surface area contributed by atoms with Crippen LogP contribution in [0, 0.1) is 6.92 Å². The smallest absolute Gasteiger partial charge is 0.0863 e. The molecule has 2 heterocycles. The zero-order valence-electron chi connectivity index (χ0n) is 8.84. The monoisotopic (exact) mass is 222 g/mol. The number of hydrogen-bond donors (Lipinski definition) is 1. The maximum atomic E-state index is 10.0. The second kappa shape index (κ2) is 4.16. The Labute approximate surface area is 93.0 Å². The van der Waals surface area contributed by atoms with Crippen molar-refractivity contribution in [2.45, 2.75) is 19.4 Å². The summed E-state index contributed by atoms with van der Waals surface area (Å²) in [6, 6.07) is 2.04. The van der Waals surface area contributed by atoms with E-state index in [1.807, 2.05) is 31.6 Å². The molecule has 0 aromatic carbocycles. The average Bonchev–Trinajstić information content (AvgIpc) is 2.75. The van der Waals surface area contributed by atoms with Crippen LogP contribution >= 0.6 is 11.3 Å². The molecule has 0 saturated heterocycles. The summed E-state index contributed by atoms with van der Waals surface area (Å²) in [5, 5.41) is 18.3. The summed E-state index contributed by atoms with van der Waals surface area (Å²) in [7, 11) is 1.87. The zero-order chi connectivity index (χ0) is 10.8. The van der Waals surface area contributed by atoms with E-state index in [-0.39, 0.29) is 0 Å². The molecule has 4 heteroatoms. The summed E-state index contributed by atoms with van der Waals surface area (Å²) < 4.78 is 1.74. The van der Waals surface area contributed by atoms with Gasteiger partial charge in [0.15, 0.2) is 0 Å². The fourth-order valence-corrected chi connectivity index (χ4v) is 2.37. The molecule has 0 amide bonds. The third-order valence-electron chi connectivity index (χ3n) is 2.42. The lowest BCUT2D eigenvalue weighted by Crippen LogP contribution is -2.01. The molecule has 0 fully saturated rings. The molecule has 0 spiro atoms. The standard InChI is InChI=1S/C11H14N2OS/c1-8-10(6-13(2)12-8)11(14)5-9-3-4-15-7-9/h3-4,6-7,11,14H,5H2,1-2H3. The number of aliphatic hydroxyl groups excluding tert-OH is 1. The van der Waals surface area contributed by atoms with Crippen LogP contribution in [-0.4, -0.2) is 14.9 Å². The van der Waals surface area contributed by atoms with Crippen LogP contribution in [0.3, 0.4) is 0 Å². The first-order chi connectivity index (χ1) is 7.16. The van der Waals surface area contributed by atoms with Gasteiger partial charge in [-0.25, -0.2) is 0 Å². The van der Waals surface area contributed by atoms with E-state index in [0.29, 0.717) is 6.42 Å². The highest BCUT2D eigenvalue weighted by molar-refractivity contribution is 7.07. The van der Waals surface area contributed by atoms with E-state index >= 15 is 0 Å². The molecule has 15 heavy (non-hydrogen) atoms. The molecule has 1 N–H and O–H groups in total. The van der Waals surface area contributed by atoms with Crippen LogP contribution in [0.25, 0.3) is 0 Å². The van der Waals surface area contributed by atoms with Crippen molar-refractivity contribution in [1.82, 2.24) is 9.78 Å². The molecule has 2 aromatic rings.